The van der Waals surface area contributed by atoms with Gasteiger partial charge in [0.05, 0.1) is 12.6 Å². The molecular weight excluding hydrogens is 442 g/mol. The first-order valence-electron chi connectivity index (χ1n) is 11.1. The summed E-state index contributed by atoms with van der Waals surface area (Å²) in [6, 6.07) is 8.51. The van der Waals surface area contributed by atoms with Crippen molar-refractivity contribution in [3.05, 3.63) is 52.0 Å². The van der Waals surface area contributed by atoms with Crippen molar-refractivity contribution >= 4 is 29.3 Å². The third-order valence-corrected chi connectivity index (χ3v) is 6.05. The summed E-state index contributed by atoms with van der Waals surface area (Å²) in [6.07, 6.45) is 1.27. The van der Waals surface area contributed by atoms with Crippen molar-refractivity contribution in [2.45, 2.75) is 64.6 Å². The number of thiazole rings is 1. The summed E-state index contributed by atoms with van der Waals surface area (Å²) in [4.78, 5) is 44.3. The van der Waals surface area contributed by atoms with E-state index in [4.69, 9.17) is 9.47 Å². The number of ether oxygens (including phenoxy) is 2. The molecule has 0 bridgehead atoms. The maximum Gasteiger partial charge on any atom is 0.408 e. The molecule has 1 aliphatic rings. The van der Waals surface area contributed by atoms with Crippen LogP contribution in [0, 0.1) is 0 Å². The van der Waals surface area contributed by atoms with Crippen LogP contribution < -0.4 is 5.32 Å². The van der Waals surface area contributed by atoms with Gasteiger partial charge in [-0.2, -0.15) is 0 Å². The Hall–Kier alpha value is -2.94. The van der Waals surface area contributed by atoms with E-state index >= 15 is 0 Å². The first-order valence-corrected chi connectivity index (χ1v) is 12.0. The van der Waals surface area contributed by atoms with E-state index in [1.165, 1.54) is 11.3 Å². The van der Waals surface area contributed by atoms with Gasteiger partial charge in [-0.15, -0.1) is 11.3 Å². The quantitative estimate of drug-likeness (QED) is 0.608. The third-order valence-electron chi connectivity index (χ3n) is 5.10. The first kappa shape index (κ1) is 24.7. The molecule has 2 heterocycles. The van der Waals surface area contributed by atoms with Gasteiger partial charge in [-0.3, -0.25) is 4.79 Å². The van der Waals surface area contributed by atoms with Gasteiger partial charge in [-0.05, 0) is 46.1 Å². The van der Waals surface area contributed by atoms with Gasteiger partial charge in [0, 0.05) is 18.3 Å². The Morgan fingerprint density at radius 2 is 1.97 bits per heavy atom. The van der Waals surface area contributed by atoms with E-state index < -0.39 is 23.7 Å². The predicted octanol–water partition coefficient (Wildman–Crippen LogP) is 4.12. The molecule has 0 unspecified atom stereocenters. The van der Waals surface area contributed by atoms with Crippen molar-refractivity contribution in [3.8, 4) is 0 Å². The zero-order valence-corrected chi connectivity index (χ0v) is 20.3. The zero-order valence-electron chi connectivity index (χ0n) is 19.5. The number of carbonyl (C=O) groups is 3. The van der Waals surface area contributed by atoms with E-state index in [2.05, 4.69) is 10.3 Å². The molecule has 1 aliphatic heterocycles. The zero-order chi connectivity index (χ0) is 24.0. The van der Waals surface area contributed by atoms with Crippen LogP contribution >= 0.6 is 11.3 Å². The smallest absolute Gasteiger partial charge is 0.408 e. The summed E-state index contributed by atoms with van der Waals surface area (Å²) >= 11 is 1.34. The lowest BCUT2D eigenvalue weighted by Crippen LogP contribution is -2.50. The minimum absolute atomic E-state index is 0.194. The highest BCUT2D eigenvalue weighted by atomic mass is 32.1. The number of hydrogen-bond acceptors (Lipinski definition) is 7. The molecule has 2 aromatic rings. The third kappa shape index (κ3) is 6.77. The van der Waals surface area contributed by atoms with Crippen LogP contribution in [0.2, 0.25) is 0 Å². The Morgan fingerprint density at radius 1 is 1.24 bits per heavy atom. The van der Waals surface area contributed by atoms with Gasteiger partial charge >= 0.3 is 12.1 Å². The second-order valence-corrected chi connectivity index (χ2v) is 9.76. The van der Waals surface area contributed by atoms with Crippen molar-refractivity contribution in [3.63, 3.8) is 0 Å². The summed E-state index contributed by atoms with van der Waals surface area (Å²) in [5.41, 5.74) is 0.510. The molecule has 1 aromatic heterocycles. The van der Waals surface area contributed by atoms with Crippen LogP contribution in [-0.2, 0) is 20.7 Å². The number of alkyl carbamates (subject to hydrolysis) is 1. The molecule has 2 amide bonds. The highest BCUT2D eigenvalue weighted by Crippen LogP contribution is 2.34. The molecule has 1 fully saturated rings. The summed E-state index contributed by atoms with van der Waals surface area (Å²) < 4.78 is 10.4. The molecule has 33 heavy (non-hydrogen) atoms. The van der Waals surface area contributed by atoms with E-state index in [-0.39, 0.29) is 24.2 Å². The molecule has 3 rings (SSSR count). The van der Waals surface area contributed by atoms with Crippen molar-refractivity contribution < 1.29 is 23.9 Å². The number of esters is 1. The molecule has 0 spiro atoms. The molecule has 0 saturated carbocycles. The fraction of sp³-hybridized carbons (Fsp3) is 0.500. The van der Waals surface area contributed by atoms with Crippen molar-refractivity contribution in [1.82, 2.24) is 15.2 Å². The number of aromatic nitrogens is 1. The largest absolute Gasteiger partial charge is 0.461 e. The van der Waals surface area contributed by atoms with Gasteiger partial charge in [-0.1, -0.05) is 30.3 Å². The number of rotatable bonds is 7. The Balaban J connectivity index is 1.79. The Labute approximate surface area is 198 Å². The van der Waals surface area contributed by atoms with E-state index in [1.807, 2.05) is 30.3 Å². The molecule has 9 heteroatoms. The van der Waals surface area contributed by atoms with E-state index in [9.17, 15) is 14.4 Å². The second kappa shape index (κ2) is 10.8. The van der Waals surface area contributed by atoms with Gasteiger partial charge in [0.25, 0.3) is 0 Å². The molecule has 1 N–H and O–H groups in total. The molecule has 1 aromatic carbocycles. The molecule has 2 atom stereocenters. The summed E-state index contributed by atoms with van der Waals surface area (Å²) in [6.45, 7) is 7.91. The van der Waals surface area contributed by atoms with Crippen LogP contribution in [0.5, 0.6) is 0 Å². The van der Waals surface area contributed by atoms with Crippen LogP contribution in [0.3, 0.4) is 0 Å². The fourth-order valence-corrected chi connectivity index (χ4v) is 4.66. The van der Waals surface area contributed by atoms with E-state index in [0.717, 1.165) is 18.4 Å². The highest BCUT2D eigenvalue weighted by Gasteiger charge is 2.37. The van der Waals surface area contributed by atoms with Crippen molar-refractivity contribution in [1.29, 1.82) is 0 Å². The second-order valence-electron chi connectivity index (χ2n) is 8.87. The normalized spacial score (nSPS) is 16.8. The molecule has 1 saturated heterocycles. The van der Waals surface area contributed by atoms with Gasteiger partial charge in [0.2, 0.25) is 5.91 Å². The predicted molar refractivity (Wildman–Crippen MR) is 125 cm³/mol. The van der Waals surface area contributed by atoms with Crippen LogP contribution in [0.1, 0.15) is 67.6 Å². The lowest BCUT2D eigenvalue weighted by atomic mass is 10.0. The number of hydrogen-bond donors (Lipinski definition) is 1. The fourth-order valence-electron chi connectivity index (χ4n) is 3.73. The minimum atomic E-state index is -0.785. The topological polar surface area (TPSA) is 97.8 Å². The highest BCUT2D eigenvalue weighted by molar-refractivity contribution is 7.09. The lowest BCUT2D eigenvalue weighted by molar-refractivity contribution is -0.134. The molecule has 0 aliphatic carbocycles. The number of nitrogens with one attached hydrogen (secondary N) is 1. The van der Waals surface area contributed by atoms with Crippen molar-refractivity contribution in [2.24, 2.45) is 0 Å². The number of likely N-dealkylation sites (tertiary alicyclic amines) is 1. The van der Waals surface area contributed by atoms with Crippen molar-refractivity contribution in [2.75, 3.05) is 13.2 Å². The number of nitrogens with zero attached hydrogens (tertiary/aromatic N) is 2. The average Bonchev–Trinajstić information content (AvgIpc) is 3.42. The first-order chi connectivity index (χ1) is 15.7. The SMILES string of the molecule is CCOC(=O)c1csc([C@@H]2CCCN2C(=O)[C@H](Cc2ccccc2)NC(=O)OC(C)(C)C)n1. The Morgan fingerprint density at radius 3 is 2.64 bits per heavy atom. The molecule has 178 valence electrons. The molecular formula is C24H31N3O5S. The lowest BCUT2D eigenvalue weighted by Gasteiger charge is -2.29. The average molecular weight is 474 g/mol. The van der Waals surface area contributed by atoms with E-state index in [1.54, 1.807) is 38.0 Å². The standard InChI is InChI=1S/C24H31N3O5S/c1-5-31-22(29)18-15-33-20(25-18)19-12-9-13-27(19)21(28)17(14-16-10-7-6-8-11-16)26-23(30)32-24(2,3)4/h6-8,10-11,15,17,19H,5,9,12-14H2,1-4H3,(H,26,30)/t17-,19-/m0/s1. The summed E-state index contributed by atoms with van der Waals surface area (Å²) in [7, 11) is 0. The van der Waals surface area contributed by atoms with Crippen LogP contribution in [0.25, 0.3) is 0 Å². The Bertz CT molecular complexity index is 970. The van der Waals surface area contributed by atoms with Gasteiger partial charge in [0.1, 0.15) is 16.7 Å². The van der Waals surface area contributed by atoms with E-state index in [0.29, 0.717) is 18.0 Å². The number of benzene rings is 1. The summed E-state index contributed by atoms with van der Waals surface area (Å²) in [5, 5.41) is 5.12. The Kier molecular flexibility index (Phi) is 8.07. The number of amides is 2. The van der Waals surface area contributed by atoms with Crippen LogP contribution in [0.4, 0.5) is 4.79 Å². The maximum absolute atomic E-state index is 13.6. The van der Waals surface area contributed by atoms with Crippen LogP contribution in [0.15, 0.2) is 35.7 Å². The molecule has 0 radical (unpaired) electrons. The van der Waals surface area contributed by atoms with Gasteiger partial charge in [0.15, 0.2) is 5.69 Å². The monoisotopic (exact) mass is 473 g/mol. The minimum Gasteiger partial charge on any atom is -0.461 e. The van der Waals surface area contributed by atoms with Crippen LogP contribution in [-0.4, -0.2) is 52.6 Å². The maximum atomic E-state index is 13.6. The summed E-state index contributed by atoms with van der Waals surface area (Å²) in [5.74, 6) is -0.662. The van der Waals surface area contributed by atoms with Gasteiger partial charge < -0.3 is 19.7 Å². The van der Waals surface area contributed by atoms with Gasteiger partial charge in [-0.25, -0.2) is 14.6 Å². The molecule has 8 nitrogen and oxygen atoms in total. The number of carbonyl (C=O) groups excluding carboxylic acids is 3.